The molecule has 0 unspecified atom stereocenters. The molecule has 98 valence electrons. The van der Waals surface area contributed by atoms with Crippen molar-refractivity contribution in [2.75, 3.05) is 0 Å². The second-order valence-electron chi connectivity index (χ2n) is 4.18. The lowest BCUT2D eigenvalue weighted by Crippen LogP contribution is -2.32. The zero-order valence-corrected chi connectivity index (χ0v) is 10.6. The van der Waals surface area contributed by atoms with Crippen molar-refractivity contribution in [3.05, 3.63) is 39.9 Å². The first-order valence-corrected chi connectivity index (χ1v) is 5.58. The molecular formula is C12H16N2O4. The summed E-state index contributed by atoms with van der Waals surface area (Å²) in [5.41, 5.74) is 0.748. The highest BCUT2D eigenvalue weighted by molar-refractivity contribution is 5.65. The number of hydrogen-bond acceptors (Lipinski definition) is 5. The molecule has 0 saturated heterocycles. The average molecular weight is 252 g/mol. The van der Waals surface area contributed by atoms with Crippen molar-refractivity contribution >= 4 is 11.7 Å². The van der Waals surface area contributed by atoms with Crippen LogP contribution in [-0.2, 0) is 16.2 Å². The molecule has 18 heavy (non-hydrogen) atoms. The van der Waals surface area contributed by atoms with Crippen LogP contribution in [0.1, 0.15) is 26.3 Å². The third-order valence-electron chi connectivity index (χ3n) is 2.28. The summed E-state index contributed by atoms with van der Waals surface area (Å²) < 4.78 is 0. The number of hydrogen-bond donors (Lipinski definition) is 0. The van der Waals surface area contributed by atoms with Crippen LogP contribution in [0.2, 0.25) is 0 Å². The topological polar surface area (TPSA) is 72.7 Å². The number of nitro groups is 1. The van der Waals surface area contributed by atoms with E-state index >= 15 is 0 Å². The summed E-state index contributed by atoms with van der Waals surface area (Å²) in [5.74, 6) is -0.408. The van der Waals surface area contributed by atoms with Crippen LogP contribution in [0.5, 0.6) is 0 Å². The first-order valence-electron chi connectivity index (χ1n) is 5.58. The lowest BCUT2D eigenvalue weighted by molar-refractivity contribution is -0.385. The molecule has 0 atom stereocenters. The van der Waals surface area contributed by atoms with Gasteiger partial charge >= 0.3 is 5.97 Å². The second-order valence-corrected chi connectivity index (χ2v) is 4.18. The third-order valence-corrected chi connectivity index (χ3v) is 2.28. The molecular weight excluding hydrogens is 236 g/mol. The summed E-state index contributed by atoms with van der Waals surface area (Å²) in [6.45, 7) is 5.39. The number of hydroxylamine groups is 2. The van der Waals surface area contributed by atoms with E-state index in [4.69, 9.17) is 4.84 Å². The van der Waals surface area contributed by atoms with E-state index in [0.717, 1.165) is 5.56 Å². The molecule has 1 rings (SSSR count). The SMILES string of the molecule is CC(=O)ON(Cc1cccc([N+](=O)[O-])c1)C(C)C. The number of non-ortho nitro benzene ring substituents is 1. The fourth-order valence-corrected chi connectivity index (χ4v) is 1.43. The summed E-state index contributed by atoms with van der Waals surface area (Å²) in [6.07, 6.45) is 0. The molecule has 0 heterocycles. The Kier molecular flexibility index (Phi) is 4.79. The molecule has 1 aromatic carbocycles. The molecule has 0 bridgehead atoms. The smallest absolute Gasteiger partial charge is 0.322 e. The van der Waals surface area contributed by atoms with E-state index in [1.54, 1.807) is 12.1 Å². The van der Waals surface area contributed by atoms with Crippen molar-refractivity contribution in [1.29, 1.82) is 0 Å². The highest BCUT2D eigenvalue weighted by Gasteiger charge is 2.15. The Hall–Kier alpha value is -1.95. The van der Waals surface area contributed by atoms with E-state index in [1.807, 2.05) is 13.8 Å². The van der Waals surface area contributed by atoms with Gasteiger partial charge in [-0.25, -0.2) is 0 Å². The van der Waals surface area contributed by atoms with Gasteiger partial charge in [-0.05, 0) is 19.4 Å². The average Bonchev–Trinajstić information content (AvgIpc) is 2.27. The predicted molar refractivity (Wildman–Crippen MR) is 65.5 cm³/mol. The molecule has 0 aromatic heterocycles. The lowest BCUT2D eigenvalue weighted by atomic mass is 10.2. The van der Waals surface area contributed by atoms with Gasteiger partial charge < -0.3 is 4.84 Å². The molecule has 0 aliphatic heterocycles. The molecule has 1 aromatic rings. The fourth-order valence-electron chi connectivity index (χ4n) is 1.43. The Morgan fingerprint density at radius 3 is 2.67 bits per heavy atom. The summed E-state index contributed by atoms with van der Waals surface area (Å²) in [7, 11) is 0. The van der Waals surface area contributed by atoms with Crippen LogP contribution in [0.3, 0.4) is 0 Å². The Morgan fingerprint density at radius 1 is 1.50 bits per heavy atom. The Labute approximate surface area is 105 Å². The number of carbonyl (C=O) groups is 1. The zero-order chi connectivity index (χ0) is 13.7. The van der Waals surface area contributed by atoms with Gasteiger partial charge in [0.15, 0.2) is 0 Å². The van der Waals surface area contributed by atoms with Gasteiger partial charge in [0.25, 0.3) is 5.69 Å². The first kappa shape index (κ1) is 14.1. The van der Waals surface area contributed by atoms with Crippen molar-refractivity contribution in [3.63, 3.8) is 0 Å². The molecule has 0 aliphatic carbocycles. The van der Waals surface area contributed by atoms with Crippen molar-refractivity contribution < 1.29 is 14.6 Å². The van der Waals surface area contributed by atoms with Crippen LogP contribution >= 0.6 is 0 Å². The predicted octanol–water partition coefficient (Wildman–Crippen LogP) is 2.28. The van der Waals surface area contributed by atoms with Crippen molar-refractivity contribution in [3.8, 4) is 0 Å². The Morgan fingerprint density at radius 2 is 2.17 bits per heavy atom. The van der Waals surface area contributed by atoms with E-state index in [1.165, 1.54) is 24.1 Å². The molecule has 6 heteroatoms. The van der Waals surface area contributed by atoms with E-state index in [9.17, 15) is 14.9 Å². The number of nitrogens with zero attached hydrogens (tertiary/aromatic N) is 2. The molecule has 0 radical (unpaired) electrons. The fraction of sp³-hybridized carbons (Fsp3) is 0.417. The number of rotatable bonds is 5. The molecule has 0 spiro atoms. The minimum absolute atomic E-state index is 0.00633. The maximum Gasteiger partial charge on any atom is 0.322 e. The van der Waals surface area contributed by atoms with Crippen molar-refractivity contribution in [1.82, 2.24) is 5.06 Å². The first-order chi connectivity index (χ1) is 8.40. The maximum atomic E-state index is 11.0. The standard InChI is InChI=1S/C12H16N2O4/c1-9(2)13(18-10(3)15)8-11-5-4-6-12(7-11)14(16)17/h4-7,9H,8H2,1-3H3. The molecule has 0 amide bonds. The molecule has 0 saturated carbocycles. The monoisotopic (exact) mass is 252 g/mol. The molecule has 0 N–H and O–H groups in total. The minimum atomic E-state index is -0.449. The summed E-state index contributed by atoms with van der Waals surface area (Å²) in [4.78, 5) is 26.2. The summed E-state index contributed by atoms with van der Waals surface area (Å²) in [5, 5.41) is 12.1. The van der Waals surface area contributed by atoms with Crippen LogP contribution < -0.4 is 0 Å². The summed E-state index contributed by atoms with van der Waals surface area (Å²) in [6, 6.07) is 6.26. The van der Waals surface area contributed by atoms with Gasteiger partial charge in [0, 0.05) is 25.1 Å². The van der Waals surface area contributed by atoms with E-state index in [-0.39, 0.29) is 11.7 Å². The van der Waals surface area contributed by atoms with Gasteiger partial charge in [0.2, 0.25) is 0 Å². The van der Waals surface area contributed by atoms with Gasteiger partial charge in [-0.1, -0.05) is 12.1 Å². The number of carbonyl (C=O) groups excluding carboxylic acids is 1. The van der Waals surface area contributed by atoms with E-state index in [2.05, 4.69) is 0 Å². The van der Waals surface area contributed by atoms with Gasteiger partial charge in [-0.3, -0.25) is 14.9 Å². The van der Waals surface area contributed by atoms with E-state index < -0.39 is 10.9 Å². The van der Waals surface area contributed by atoms with Crippen LogP contribution in [-0.4, -0.2) is 22.0 Å². The quantitative estimate of drug-likeness (QED) is 0.593. The van der Waals surface area contributed by atoms with Crippen LogP contribution in [0.15, 0.2) is 24.3 Å². The van der Waals surface area contributed by atoms with Crippen molar-refractivity contribution in [2.45, 2.75) is 33.4 Å². The van der Waals surface area contributed by atoms with Gasteiger partial charge in [0.1, 0.15) is 0 Å². The molecule has 6 nitrogen and oxygen atoms in total. The Bertz CT molecular complexity index is 445. The van der Waals surface area contributed by atoms with E-state index in [0.29, 0.717) is 6.54 Å². The minimum Gasteiger partial charge on any atom is -0.368 e. The van der Waals surface area contributed by atoms with Gasteiger partial charge in [-0.2, -0.15) is 0 Å². The van der Waals surface area contributed by atoms with Crippen LogP contribution in [0.4, 0.5) is 5.69 Å². The lowest BCUT2D eigenvalue weighted by Gasteiger charge is -2.24. The molecule has 0 aliphatic rings. The number of benzene rings is 1. The number of nitro benzene ring substituents is 1. The van der Waals surface area contributed by atoms with Gasteiger partial charge in [-0.15, -0.1) is 5.06 Å². The Balaban J connectivity index is 2.83. The van der Waals surface area contributed by atoms with Crippen LogP contribution in [0, 0.1) is 10.1 Å². The summed E-state index contributed by atoms with van der Waals surface area (Å²) >= 11 is 0. The zero-order valence-electron chi connectivity index (χ0n) is 10.6. The molecule has 0 fully saturated rings. The van der Waals surface area contributed by atoms with Crippen molar-refractivity contribution in [2.24, 2.45) is 0 Å². The second kappa shape index (κ2) is 6.11. The largest absolute Gasteiger partial charge is 0.368 e. The van der Waals surface area contributed by atoms with Gasteiger partial charge in [0.05, 0.1) is 11.5 Å². The van der Waals surface area contributed by atoms with Crippen LogP contribution in [0.25, 0.3) is 0 Å². The highest BCUT2D eigenvalue weighted by atomic mass is 16.7. The third kappa shape index (κ3) is 4.14. The highest BCUT2D eigenvalue weighted by Crippen LogP contribution is 2.16. The normalized spacial score (nSPS) is 10.7. The maximum absolute atomic E-state index is 11.0.